The van der Waals surface area contributed by atoms with E-state index in [-0.39, 0.29) is 0 Å². The molecule has 108 valence electrons. The molecule has 1 heterocycles. The van der Waals surface area contributed by atoms with Gasteiger partial charge in [-0.15, -0.1) is 0 Å². The number of hydrogen-bond acceptors (Lipinski definition) is 3. The van der Waals surface area contributed by atoms with Crippen molar-refractivity contribution in [1.29, 1.82) is 0 Å². The summed E-state index contributed by atoms with van der Waals surface area (Å²) in [5.41, 5.74) is 1.77. The van der Waals surface area contributed by atoms with Crippen LogP contribution in [-0.2, 0) is 10.0 Å². The lowest BCUT2D eigenvalue weighted by Gasteiger charge is -2.23. The average molecular weight is 317 g/mol. The minimum atomic E-state index is -3.55. The van der Waals surface area contributed by atoms with E-state index >= 15 is 0 Å². The first-order chi connectivity index (χ1) is 10.1. The predicted octanol–water partition coefficient (Wildman–Crippen LogP) is 3.81. The van der Waals surface area contributed by atoms with Gasteiger partial charge in [-0.3, -0.25) is 4.31 Å². The predicted molar refractivity (Wildman–Crippen MR) is 87.1 cm³/mol. The molecule has 0 aromatic heterocycles. The molecule has 1 aliphatic rings. The Kier molecular flexibility index (Phi) is 3.78. The molecule has 3 nitrogen and oxygen atoms in total. The normalized spacial score (nSPS) is 14.6. The molecule has 0 fully saturated rings. The third-order valence-electron chi connectivity index (χ3n) is 3.31. The lowest BCUT2D eigenvalue weighted by Crippen LogP contribution is -2.31. The monoisotopic (exact) mass is 317 g/mol. The van der Waals surface area contributed by atoms with Gasteiger partial charge >= 0.3 is 0 Å². The summed E-state index contributed by atoms with van der Waals surface area (Å²) in [5.74, 6) is 0. The van der Waals surface area contributed by atoms with Gasteiger partial charge < -0.3 is 0 Å². The highest BCUT2D eigenvalue weighted by atomic mass is 32.2. The molecule has 5 heteroatoms. The number of rotatable bonds is 2. The number of fused-ring (bicyclic) bond motifs is 1. The first-order valence-electron chi connectivity index (χ1n) is 6.59. The zero-order valence-electron chi connectivity index (χ0n) is 11.6. The standard InChI is InChI=1S/C16H15NO2S2/c1-13-7-9-14(10-8-13)21(18,19)17-11-4-12-20-16-6-3-2-5-15(16)17/h2-10,12H,11H2,1H3. The summed E-state index contributed by atoms with van der Waals surface area (Å²) in [6, 6.07) is 14.5. The topological polar surface area (TPSA) is 37.4 Å². The van der Waals surface area contributed by atoms with Crippen molar-refractivity contribution in [1.82, 2.24) is 0 Å². The van der Waals surface area contributed by atoms with Gasteiger partial charge in [0.25, 0.3) is 10.0 Å². The van der Waals surface area contributed by atoms with Crippen LogP contribution < -0.4 is 4.31 Å². The molecule has 0 aliphatic carbocycles. The Morgan fingerprint density at radius 3 is 2.52 bits per heavy atom. The van der Waals surface area contributed by atoms with E-state index in [2.05, 4.69) is 0 Å². The van der Waals surface area contributed by atoms with Gasteiger partial charge in [-0.05, 0) is 36.6 Å². The molecule has 0 saturated heterocycles. The van der Waals surface area contributed by atoms with Crippen molar-refractivity contribution in [2.75, 3.05) is 10.8 Å². The van der Waals surface area contributed by atoms with E-state index < -0.39 is 10.0 Å². The molecule has 2 aromatic carbocycles. The molecule has 0 N–H and O–H groups in total. The third-order valence-corrected chi connectivity index (χ3v) is 6.03. The van der Waals surface area contributed by atoms with Crippen molar-refractivity contribution in [3.8, 4) is 0 Å². The van der Waals surface area contributed by atoms with Crippen molar-refractivity contribution in [2.45, 2.75) is 16.7 Å². The van der Waals surface area contributed by atoms with Crippen molar-refractivity contribution >= 4 is 27.5 Å². The van der Waals surface area contributed by atoms with E-state index in [0.717, 1.165) is 16.1 Å². The number of benzene rings is 2. The lowest BCUT2D eigenvalue weighted by atomic mass is 10.2. The van der Waals surface area contributed by atoms with Crippen LogP contribution in [0.15, 0.2) is 69.8 Å². The van der Waals surface area contributed by atoms with Crippen LogP contribution in [0.25, 0.3) is 0 Å². The Balaban J connectivity index is 2.10. The van der Waals surface area contributed by atoms with Crippen molar-refractivity contribution in [3.05, 3.63) is 65.6 Å². The average Bonchev–Trinajstić information content (AvgIpc) is 2.70. The smallest absolute Gasteiger partial charge is 0.261 e. The van der Waals surface area contributed by atoms with Gasteiger partial charge in [-0.25, -0.2) is 8.42 Å². The molecule has 0 atom stereocenters. The molecule has 0 unspecified atom stereocenters. The maximum absolute atomic E-state index is 12.9. The third kappa shape index (κ3) is 2.71. The minimum Gasteiger partial charge on any atom is -0.261 e. The highest BCUT2D eigenvalue weighted by Gasteiger charge is 2.26. The Hall–Kier alpha value is -1.72. The van der Waals surface area contributed by atoms with Crippen LogP contribution in [0.3, 0.4) is 0 Å². The second-order valence-corrected chi connectivity index (χ2v) is 7.62. The summed E-state index contributed by atoms with van der Waals surface area (Å²) in [7, 11) is -3.55. The summed E-state index contributed by atoms with van der Waals surface area (Å²) in [6.45, 7) is 2.29. The Morgan fingerprint density at radius 2 is 1.76 bits per heavy atom. The van der Waals surface area contributed by atoms with Gasteiger partial charge in [0.15, 0.2) is 0 Å². The van der Waals surface area contributed by atoms with Crippen molar-refractivity contribution in [2.24, 2.45) is 0 Å². The van der Waals surface area contributed by atoms with E-state index in [9.17, 15) is 8.42 Å². The largest absolute Gasteiger partial charge is 0.264 e. The maximum atomic E-state index is 12.9. The summed E-state index contributed by atoms with van der Waals surface area (Å²) < 4.78 is 27.3. The number of nitrogens with zero attached hydrogens (tertiary/aromatic N) is 1. The number of hydrogen-bond donors (Lipinski definition) is 0. The van der Waals surface area contributed by atoms with Gasteiger partial charge in [-0.1, -0.05) is 47.7 Å². The summed E-state index contributed by atoms with van der Waals surface area (Å²) >= 11 is 1.54. The van der Waals surface area contributed by atoms with E-state index in [1.165, 1.54) is 4.31 Å². The summed E-state index contributed by atoms with van der Waals surface area (Å²) in [4.78, 5) is 1.27. The lowest BCUT2D eigenvalue weighted by molar-refractivity contribution is 0.592. The summed E-state index contributed by atoms with van der Waals surface area (Å²) in [6.07, 6.45) is 1.87. The van der Waals surface area contributed by atoms with Gasteiger partial charge in [0.1, 0.15) is 0 Å². The Labute approximate surface area is 129 Å². The minimum absolute atomic E-state index is 0.322. The fraction of sp³-hybridized carbons (Fsp3) is 0.125. The number of thioether (sulfide) groups is 1. The van der Waals surface area contributed by atoms with Crippen LogP contribution in [0.2, 0.25) is 0 Å². The van der Waals surface area contributed by atoms with Crippen LogP contribution in [-0.4, -0.2) is 15.0 Å². The van der Waals surface area contributed by atoms with E-state index in [4.69, 9.17) is 0 Å². The molecule has 0 spiro atoms. The fourth-order valence-electron chi connectivity index (χ4n) is 2.19. The number of anilines is 1. The Bertz CT molecular complexity index is 780. The van der Waals surface area contributed by atoms with Gasteiger partial charge in [-0.2, -0.15) is 0 Å². The summed E-state index contributed by atoms with van der Waals surface area (Å²) in [5, 5.41) is 1.93. The van der Waals surface area contributed by atoms with Crippen LogP contribution in [0.5, 0.6) is 0 Å². The second-order valence-electron chi connectivity index (χ2n) is 4.81. The zero-order valence-corrected chi connectivity index (χ0v) is 13.2. The highest BCUT2D eigenvalue weighted by molar-refractivity contribution is 8.02. The maximum Gasteiger partial charge on any atom is 0.264 e. The van der Waals surface area contributed by atoms with Crippen molar-refractivity contribution < 1.29 is 8.42 Å². The number of para-hydroxylation sites is 1. The SMILES string of the molecule is Cc1ccc(S(=O)(=O)N2CC=CSc3ccccc32)cc1. The van der Waals surface area contributed by atoms with Crippen LogP contribution >= 0.6 is 11.8 Å². The van der Waals surface area contributed by atoms with Gasteiger partial charge in [0, 0.05) is 4.90 Å². The second kappa shape index (κ2) is 5.58. The van der Waals surface area contributed by atoms with Crippen LogP contribution in [0, 0.1) is 6.92 Å². The quantitative estimate of drug-likeness (QED) is 0.845. The van der Waals surface area contributed by atoms with Crippen LogP contribution in [0.1, 0.15) is 5.56 Å². The molecule has 1 aliphatic heterocycles. The number of sulfonamides is 1. The Morgan fingerprint density at radius 1 is 1.05 bits per heavy atom. The molecule has 21 heavy (non-hydrogen) atoms. The fourth-order valence-corrected chi connectivity index (χ4v) is 4.46. The first-order valence-corrected chi connectivity index (χ1v) is 8.91. The molecular weight excluding hydrogens is 302 g/mol. The molecule has 2 aromatic rings. The van der Waals surface area contributed by atoms with Gasteiger partial charge in [0.2, 0.25) is 0 Å². The highest BCUT2D eigenvalue weighted by Crippen LogP contribution is 2.36. The molecule has 0 bridgehead atoms. The van der Waals surface area contributed by atoms with Gasteiger partial charge in [0.05, 0.1) is 17.1 Å². The molecule has 0 amide bonds. The molecule has 0 saturated carbocycles. The van der Waals surface area contributed by atoms with Crippen molar-refractivity contribution in [3.63, 3.8) is 0 Å². The molecule has 3 rings (SSSR count). The molecule has 0 radical (unpaired) electrons. The number of aryl methyl sites for hydroxylation is 1. The first kappa shape index (κ1) is 14.2. The van der Waals surface area contributed by atoms with E-state index in [1.807, 2.05) is 54.8 Å². The van der Waals surface area contributed by atoms with Crippen LogP contribution in [0.4, 0.5) is 5.69 Å². The zero-order chi connectivity index (χ0) is 14.9. The molecular formula is C16H15NO2S2. The van der Waals surface area contributed by atoms with E-state index in [1.54, 1.807) is 23.9 Å². The van der Waals surface area contributed by atoms with E-state index in [0.29, 0.717) is 11.4 Å².